The number of hydrogen-bond acceptors (Lipinski definition) is 20. The first-order chi connectivity index (χ1) is 53.3. The average Bonchev–Trinajstić information content (AvgIpc) is 1.53. The van der Waals surface area contributed by atoms with Crippen molar-refractivity contribution in [2.24, 2.45) is 59.8 Å². The molecule has 5 aromatic carbocycles. The SMILES string of the molecule is COc1ccc(-c2[nH]nc3nc(N4CC[C@@H]5[C@H](C4)[C@@]5(CN)c4cccc(F)c4F)cnc23)c2cccnc12.Cc1c(-c2[nH]nc3nc(N4CC[C@@H]5[C@H](C4)[C@@]5(CN)c4ccccc4C(F)(F)F)cnc23)ccc2nn(C)cc12.NC[C@]1(c2ccccc2Cl)[C@@H]2CCN(c3cnc4c(-c5ccnc(N)c5Cl)[nH]nc4n3)C[C@@H]21. The molecule has 6 fully saturated rings. The number of nitrogens with zero attached hydrogens (tertiary/aromatic N) is 16. The fourth-order valence-electron chi connectivity index (χ4n) is 19.0. The molecule has 6 aliphatic rings. The van der Waals surface area contributed by atoms with Gasteiger partial charge in [0.2, 0.25) is 16.9 Å². The lowest BCUT2D eigenvalue weighted by atomic mass is 9.87. The van der Waals surface area contributed by atoms with Crippen molar-refractivity contribution in [3.05, 3.63) is 196 Å². The van der Waals surface area contributed by atoms with E-state index in [0.717, 1.165) is 117 Å². The van der Waals surface area contributed by atoms with Gasteiger partial charge in [-0.1, -0.05) is 83.9 Å². The third kappa shape index (κ3) is 11.2. The third-order valence-corrected chi connectivity index (χ3v) is 25.3. The van der Waals surface area contributed by atoms with Gasteiger partial charge < -0.3 is 42.4 Å². The summed E-state index contributed by atoms with van der Waals surface area (Å²) in [4.78, 5) is 43.5. The van der Waals surface area contributed by atoms with Crippen LogP contribution < -0.4 is 42.4 Å². The van der Waals surface area contributed by atoms with Gasteiger partial charge in [-0.3, -0.25) is 25.0 Å². The molecule has 3 aliphatic carbocycles. The maximum Gasteiger partial charge on any atom is 0.416 e. The van der Waals surface area contributed by atoms with Crippen LogP contribution >= 0.6 is 23.2 Å². The zero-order valence-electron chi connectivity index (χ0n) is 59.8. The van der Waals surface area contributed by atoms with Crippen molar-refractivity contribution in [3.8, 4) is 39.5 Å². The van der Waals surface area contributed by atoms with Crippen LogP contribution in [0.1, 0.15) is 47.1 Å². The minimum Gasteiger partial charge on any atom is -0.494 e. The van der Waals surface area contributed by atoms with E-state index >= 15 is 0 Å². The monoisotopic (exact) mass is 1530 g/mol. The lowest BCUT2D eigenvalue weighted by Crippen LogP contribution is -2.33. The third-order valence-electron chi connectivity index (χ3n) is 24.5. The van der Waals surface area contributed by atoms with Crippen LogP contribution in [0.5, 0.6) is 5.75 Å². The summed E-state index contributed by atoms with van der Waals surface area (Å²) in [5.74, 6) is 2.92. The number of aromatic amines is 3. The summed E-state index contributed by atoms with van der Waals surface area (Å²) in [5.41, 5.74) is 35.6. The molecule has 3 saturated heterocycles. The second-order valence-electron chi connectivity index (χ2n) is 29.4. The van der Waals surface area contributed by atoms with Crippen LogP contribution in [0.3, 0.4) is 0 Å². The van der Waals surface area contributed by atoms with Crippen LogP contribution in [0.15, 0.2) is 146 Å². The minimum atomic E-state index is -4.42. The van der Waals surface area contributed by atoms with E-state index in [9.17, 15) is 22.0 Å². The highest BCUT2D eigenvalue weighted by molar-refractivity contribution is 6.35. The van der Waals surface area contributed by atoms with Gasteiger partial charge in [0.15, 0.2) is 11.6 Å². The van der Waals surface area contributed by atoms with Gasteiger partial charge in [0.1, 0.15) is 51.1 Å². The highest BCUT2D eigenvalue weighted by Gasteiger charge is 2.69. The van der Waals surface area contributed by atoms with Gasteiger partial charge in [-0.05, 0) is 132 Å². The maximum absolute atomic E-state index is 14.8. The Labute approximate surface area is 635 Å². The van der Waals surface area contributed by atoms with Crippen molar-refractivity contribution in [1.82, 2.24) is 80.2 Å². The summed E-state index contributed by atoms with van der Waals surface area (Å²) < 4.78 is 77.6. The number of nitrogen functional groups attached to an aromatic ring is 1. The van der Waals surface area contributed by atoms with E-state index in [-0.39, 0.29) is 48.0 Å². The Morgan fingerprint density at radius 3 is 1.60 bits per heavy atom. The number of H-pyrrole nitrogens is 3. The average molecular weight is 1530 g/mol. The van der Waals surface area contributed by atoms with E-state index in [1.54, 1.807) is 73.1 Å². The van der Waals surface area contributed by atoms with Gasteiger partial charge in [-0.15, -0.1) is 0 Å². The Hall–Kier alpha value is -11.1. The number of benzene rings is 5. The molecule has 3 saturated carbocycles. The van der Waals surface area contributed by atoms with Gasteiger partial charge in [0, 0.05) is 133 Å². The second-order valence-corrected chi connectivity index (χ2v) is 30.2. The quantitative estimate of drug-likeness (QED) is 0.0527. The molecule has 24 nitrogen and oxygen atoms in total. The molecule has 110 heavy (non-hydrogen) atoms. The molecule has 0 amide bonds. The van der Waals surface area contributed by atoms with Gasteiger partial charge in [0.25, 0.3) is 0 Å². The number of pyridine rings is 2. The summed E-state index contributed by atoms with van der Waals surface area (Å²) in [6, 6.07) is 31.8. The first-order valence-electron chi connectivity index (χ1n) is 36.4. The molecule has 9 atom stereocenters. The van der Waals surface area contributed by atoms with Crippen LogP contribution in [0.2, 0.25) is 10.0 Å². The predicted octanol–water partition coefficient (Wildman–Crippen LogP) is 12.5. The normalized spacial score (nSPS) is 23.2. The fraction of sp³-hybridized carbons (Fsp3) is 0.316. The number of rotatable bonds is 13. The Kier molecular flexibility index (Phi) is 17.2. The predicted molar refractivity (Wildman–Crippen MR) is 412 cm³/mol. The van der Waals surface area contributed by atoms with Crippen LogP contribution in [-0.4, -0.2) is 146 Å². The van der Waals surface area contributed by atoms with Crippen molar-refractivity contribution in [3.63, 3.8) is 0 Å². The Bertz CT molecular complexity index is 5950. The van der Waals surface area contributed by atoms with E-state index in [1.165, 1.54) is 6.07 Å². The smallest absolute Gasteiger partial charge is 0.416 e. The number of nitrogens with two attached hydrogens (primary N) is 4. The summed E-state index contributed by atoms with van der Waals surface area (Å²) in [6.45, 7) is 7.45. The molecule has 560 valence electrons. The van der Waals surface area contributed by atoms with E-state index < -0.39 is 34.2 Å². The molecule has 20 rings (SSSR count). The van der Waals surface area contributed by atoms with Crippen molar-refractivity contribution in [2.45, 2.75) is 48.6 Å². The molecule has 9 aromatic heterocycles. The van der Waals surface area contributed by atoms with Gasteiger partial charge in [-0.2, -0.15) is 33.6 Å². The van der Waals surface area contributed by atoms with E-state index in [4.69, 9.17) is 75.8 Å². The minimum absolute atomic E-state index is 0.0147. The van der Waals surface area contributed by atoms with Crippen LogP contribution in [0.25, 0.3) is 89.1 Å². The highest BCUT2D eigenvalue weighted by Crippen LogP contribution is 2.67. The largest absolute Gasteiger partial charge is 0.494 e. The van der Waals surface area contributed by atoms with Crippen LogP contribution in [0, 0.1) is 54.1 Å². The lowest BCUT2D eigenvalue weighted by molar-refractivity contribution is -0.138. The zero-order chi connectivity index (χ0) is 75.9. The number of anilines is 4. The molecule has 11 N–H and O–H groups in total. The van der Waals surface area contributed by atoms with Crippen molar-refractivity contribution >= 4 is 102 Å². The number of halogens is 7. The van der Waals surface area contributed by atoms with E-state index in [1.807, 2.05) is 74.8 Å². The number of hydrogen-bond donors (Lipinski definition) is 7. The molecule has 12 heterocycles. The van der Waals surface area contributed by atoms with Gasteiger partial charge in [-0.25, -0.2) is 43.7 Å². The molecular weight excluding hydrogens is 1450 g/mol. The molecule has 14 aromatic rings. The molecule has 0 radical (unpaired) electrons. The highest BCUT2D eigenvalue weighted by atomic mass is 35.5. The first kappa shape index (κ1) is 70.6. The molecular formula is C79H74Cl2F5N23O. The zero-order valence-corrected chi connectivity index (χ0v) is 61.3. The summed E-state index contributed by atoms with van der Waals surface area (Å²) in [7, 11) is 3.52. The Morgan fingerprint density at radius 2 is 1.05 bits per heavy atom. The molecule has 31 heteroatoms. The van der Waals surface area contributed by atoms with Gasteiger partial charge in [0.05, 0.1) is 58.9 Å². The van der Waals surface area contributed by atoms with Crippen molar-refractivity contribution < 1.29 is 26.7 Å². The van der Waals surface area contributed by atoms with Gasteiger partial charge >= 0.3 is 6.18 Å². The topological polar surface area (TPSA) is 330 Å². The van der Waals surface area contributed by atoms with Crippen molar-refractivity contribution in [2.75, 3.05) is 86.4 Å². The number of fused-ring (bicyclic) bond motifs is 8. The van der Waals surface area contributed by atoms with Crippen molar-refractivity contribution in [1.29, 1.82) is 0 Å². The summed E-state index contributed by atoms with van der Waals surface area (Å²) in [6.07, 6.45) is 8.77. The molecule has 3 aliphatic heterocycles. The summed E-state index contributed by atoms with van der Waals surface area (Å²) in [5, 5.41) is 30.1. The maximum atomic E-state index is 14.8. The number of ether oxygens (including phenoxy) is 1. The van der Waals surface area contributed by atoms with Crippen LogP contribution in [0.4, 0.5) is 45.2 Å². The van der Waals surface area contributed by atoms with E-state index in [2.05, 4.69) is 71.4 Å². The second kappa shape index (κ2) is 26.9. The number of piperidine rings is 3. The number of nitrogens with one attached hydrogen (secondary N) is 3. The number of aryl methyl sites for hydroxylation is 2. The first-order valence-corrected chi connectivity index (χ1v) is 37.2. The molecule has 0 spiro atoms. The van der Waals surface area contributed by atoms with Crippen LogP contribution in [-0.2, 0) is 29.5 Å². The Balaban J connectivity index is 0.000000116. The summed E-state index contributed by atoms with van der Waals surface area (Å²) >= 11 is 12.9. The molecule has 0 bridgehead atoms. The molecule has 0 unspecified atom stereocenters. The standard InChI is InChI=1S/C28H27F3N8.C28H25F2N7O.C23H22Cl2N8/c1-15-16(7-8-22-17(15)12-38(2)37-22)24-25-26(36-35-24)34-23(11-33-25)39-10-9-19-21(13-39)27(19,14-32)18-5-3-4-6-20(18)28(29,30)31;1-38-21-8-7-16(15-4-3-10-32-24(15)21)25-26-27(36-35-25)34-22(12-33-26)37-11-9-17-19(13-37)28(17,14-31)18-5-2-6-20(29)23(18)30;24-16-4-2-1-3-14(16)23(11-26)13-6-8-33(10-15(13)23)17-9-29-20-19(31-32-22(20)30-17)12-5-7-28-21(27)18(12)25/h3-8,11-12,19,21H,9-10,13-14,32H2,1-2H3,(H,34,35,36);2-8,10,12,17,19H,9,11,13-14,31H2,1H3,(H,34,35,36);1-5,7,9,13,15H,6,8,10-11,26H2,(H2,27,28)(H,30,31,32)/t19-,21+,27+;17-,19+,28-;13-,15+,23-/m111/s1. The fourth-order valence-corrected chi connectivity index (χ4v) is 19.5. The number of alkyl halides is 3. The number of methoxy groups -OCH3 is 1. The number of aromatic nitrogens is 16. The Morgan fingerprint density at radius 1 is 0.536 bits per heavy atom. The van der Waals surface area contributed by atoms with E-state index in [0.29, 0.717) is 116 Å². The lowest BCUT2D eigenvalue weighted by Gasteiger charge is -2.27.